The van der Waals surface area contributed by atoms with Gasteiger partial charge in [0, 0.05) is 32.9 Å². The molecule has 0 aliphatic heterocycles. The Bertz CT molecular complexity index is 1020. The molecule has 0 bridgehead atoms. The highest BCUT2D eigenvalue weighted by atomic mass is 16.5. The van der Waals surface area contributed by atoms with E-state index in [1.54, 1.807) is 30.0 Å². The first-order valence-corrected chi connectivity index (χ1v) is 10.8. The number of hydrogen-bond acceptors (Lipinski definition) is 4. The number of nitrogens with zero attached hydrogens (tertiary/aromatic N) is 2. The van der Waals surface area contributed by atoms with Crippen molar-refractivity contribution in [2.24, 2.45) is 0 Å². The third-order valence-electron chi connectivity index (χ3n) is 5.27. The Labute approximate surface area is 190 Å². The van der Waals surface area contributed by atoms with Crippen LogP contribution in [-0.2, 0) is 22.5 Å². The Morgan fingerprint density at radius 3 is 2.09 bits per heavy atom. The van der Waals surface area contributed by atoms with E-state index in [1.165, 1.54) is 0 Å². The number of hydrogen-bond donors (Lipinski definition) is 0. The van der Waals surface area contributed by atoms with Gasteiger partial charge >= 0.3 is 5.97 Å². The van der Waals surface area contributed by atoms with Gasteiger partial charge in [-0.1, -0.05) is 66.7 Å². The average Bonchev–Trinajstić information content (AvgIpc) is 2.82. The molecule has 0 aromatic heterocycles. The predicted octanol–water partition coefficient (Wildman–Crippen LogP) is 4.57. The maximum atomic E-state index is 13.3. The smallest absolute Gasteiger partial charge is 0.338 e. The van der Waals surface area contributed by atoms with Crippen LogP contribution >= 0.6 is 0 Å². The number of carbonyl (C=O) groups is 2. The van der Waals surface area contributed by atoms with Crippen molar-refractivity contribution < 1.29 is 14.3 Å². The molecule has 5 heteroatoms. The first-order valence-electron chi connectivity index (χ1n) is 10.8. The Morgan fingerprint density at radius 2 is 1.47 bits per heavy atom. The fraction of sp³-hybridized carbons (Fsp3) is 0.259. The van der Waals surface area contributed by atoms with Gasteiger partial charge in [-0.2, -0.15) is 0 Å². The molecule has 5 nitrogen and oxygen atoms in total. The van der Waals surface area contributed by atoms with Crippen molar-refractivity contribution in [2.45, 2.75) is 26.0 Å². The van der Waals surface area contributed by atoms with E-state index < -0.39 is 12.1 Å². The van der Waals surface area contributed by atoms with Crippen LogP contribution in [0.4, 0.5) is 5.69 Å². The molecule has 0 saturated heterocycles. The number of carbonyl (C=O) groups excluding carboxylic acids is 2. The van der Waals surface area contributed by atoms with Crippen LogP contribution in [0.25, 0.3) is 0 Å². The second-order valence-electron chi connectivity index (χ2n) is 7.97. The molecule has 0 aliphatic rings. The van der Waals surface area contributed by atoms with Gasteiger partial charge in [-0.05, 0) is 42.7 Å². The molecular weight excluding hydrogens is 400 g/mol. The normalized spacial score (nSPS) is 11.5. The number of esters is 1. The summed E-state index contributed by atoms with van der Waals surface area (Å²) in [6.07, 6.45) is -0.157. The lowest BCUT2D eigenvalue weighted by Gasteiger charge is -2.26. The summed E-state index contributed by atoms with van der Waals surface area (Å²) in [6.45, 7) is 2.64. The highest BCUT2D eigenvalue weighted by Gasteiger charge is 2.25. The Kier molecular flexibility index (Phi) is 8.03. The minimum atomic E-state index is -0.884. The van der Waals surface area contributed by atoms with Gasteiger partial charge in [0.2, 0.25) is 0 Å². The van der Waals surface area contributed by atoms with Gasteiger partial charge in [-0.3, -0.25) is 4.79 Å². The molecule has 0 spiro atoms. The molecule has 3 aromatic carbocycles. The molecule has 0 N–H and O–H groups in total. The minimum absolute atomic E-state index is 0.207. The van der Waals surface area contributed by atoms with Gasteiger partial charge in [-0.15, -0.1) is 0 Å². The molecule has 3 aromatic rings. The second-order valence-corrected chi connectivity index (χ2v) is 7.97. The van der Waals surface area contributed by atoms with Crippen LogP contribution in [0.2, 0.25) is 0 Å². The first-order chi connectivity index (χ1) is 15.4. The van der Waals surface area contributed by atoms with Crippen molar-refractivity contribution in [1.82, 2.24) is 4.90 Å². The summed E-state index contributed by atoms with van der Waals surface area (Å²) >= 11 is 0. The largest absolute Gasteiger partial charge is 0.449 e. The van der Waals surface area contributed by atoms with Crippen molar-refractivity contribution in [3.8, 4) is 0 Å². The third-order valence-corrected chi connectivity index (χ3v) is 5.27. The van der Waals surface area contributed by atoms with E-state index in [2.05, 4.69) is 0 Å². The van der Waals surface area contributed by atoms with Gasteiger partial charge < -0.3 is 14.5 Å². The van der Waals surface area contributed by atoms with E-state index in [1.807, 2.05) is 85.7 Å². The zero-order chi connectivity index (χ0) is 22.9. The van der Waals surface area contributed by atoms with E-state index in [9.17, 15) is 9.59 Å². The topological polar surface area (TPSA) is 49.9 Å². The van der Waals surface area contributed by atoms with Crippen LogP contribution in [0.15, 0.2) is 84.9 Å². The summed E-state index contributed by atoms with van der Waals surface area (Å²) < 4.78 is 5.56. The van der Waals surface area contributed by atoms with Crippen molar-refractivity contribution in [3.05, 3.63) is 102 Å². The fourth-order valence-corrected chi connectivity index (χ4v) is 3.43. The van der Waals surface area contributed by atoms with E-state index in [-0.39, 0.29) is 5.91 Å². The molecule has 32 heavy (non-hydrogen) atoms. The van der Waals surface area contributed by atoms with Crippen LogP contribution in [-0.4, -0.2) is 43.5 Å². The zero-order valence-electron chi connectivity index (χ0n) is 18.9. The molecule has 1 amide bonds. The van der Waals surface area contributed by atoms with E-state index >= 15 is 0 Å². The Balaban J connectivity index is 1.70. The van der Waals surface area contributed by atoms with Crippen LogP contribution in [0.5, 0.6) is 0 Å². The summed E-state index contributed by atoms with van der Waals surface area (Å²) in [5.74, 6) is -0.709. The summed E-state index contributed by atoms with van der Waals surface area (Å²) in [7, 11) is 3.82. The van der Waals surface area contributed by atoms with E-state index in [4.69, 9.17) is 4.74 Å². The molecule has 0 heterocycles. The van der Waals surface area contributed by atoms with Gasteiger partial charge in [0.05, 0.1) is 5.56 Å². The molecular formula is C27H30N2O3. The quantitative estimate of drug-likeness (QED) is 0.467. The standard InChI is InChI=1S/C27H30N2O3/c1-21(32-27(31)24-15-10-16-25(19-24)28(2)3)26(30)29(20-23-13-8-5-9-14-23)18-17-22-11-6-4-7-12-22/h4-16,19,21H,17-18,20H2,1-3H3/t21-/m0/s1. The molecule has 0 fully saturated rings. The maximum Gasteiger partial charge on any atom is 0.338 e. The Morgan fingerprint density at radius 1 is 0.844 bits per heavy atom. The lowest BCUT2D eigenvalue weighted by Crippen LogP contribution is -2.40. The third kappa shape index (κ3) is 6.45. The SMILES string of the molecule is C[C@H](OC(=O)c1cccc(N(C)C)c1)C(=O)N(CCc1ccccc1)Cc1ccccc1. The maximum absolute atomic E-state index is 13.3. The number of amides is 1. The van der Waals surface area contributed by atoms with Gasteiger partial charge in [-0.25, -0.2) is 4.79 Å². The van der Waals surface area contributed by atoms with E-state index in [0.29, 0.717) is 18.7 Å². The van der Waals surface area contributed by atoms with Crippen molar-refractivity contribution in [1.29, 1.82) is 0 Å². The predicted molar refractivity (Wildman–Crippen MR) is 128 cm³/mol. The van der Waals surface area contributed by atoms with Crippen molar-refractivity contribution in [3.63, 3.8) is 0 Å². The molecule has 3 rings (SSSR count). The highest BCUT2D eigenvalue weighted by Crippen LogP contribution is 2.16. The Hall–Kier alpha value is -3.60. The van der Waals surface area contributed by atoms with Crippen LogP contribution in [0.3, 0.4) is 0 Å². The summed E-state index contributed by atoms with van der Waals surface area (Å²) in [5.41, 5.74) is 3.51. The minimum Gasteiger partial charge on any atom is -0.449 e. The first kappa shape index (κ1) is 23.1. The number of ether oxygens (including phenoxy) is 1. The van der Waals surface area contributed by atoms with Crippen LogP contribution < -0.4 is 4.90 Å². The van der Waals surface area contributed by atoms with Gasteiger partial charge in [0.1, 0.15) is 0 Å². The monoisotopic (exact) mass is 430 g/mol. The summed E-state index contributed by atoms with van der Waals surface area (Å²) in [4.78, 5) is 29.6. The lowest BCUT2D eigenvalue weighted by molar-refractivity contribution is -0.140. The lowest BCUT2D eigenvalue weighted by atomic mass is 10.1. The number of anilines is 1. The van der Waals surface area contributed by atoms with Gasteiger partial charge in [0.15, 0.2) is 6.10 Å². The molecule has 0 unspecified atom stereocenters. The molecule has 0 aliphatic carbocycles. The average molecular weight is 431 g/mol. The molecule has 0 saturated carbocycles. The highest BCUT2D eigenvalue weighted by molar-refractivity contribution is 5.93. The van der Waals surface area contributed by atoms with Crippen molar-refractivity contribution in [2.75, 3.05) is 25.5 Å². The summed E-state index contributed by atoms with van der Waals surface area (Å²) in [6, 6.07) is 27.1. The van der Waals surface area contributed by atoms with Gasteiger partial charge in [0.25, 0.3) is 5.91 Å². The van der Waals surface area contributed by atoms with Crippen LogP contribution in [0.1, 0.15) is 28.4 Å². The van der Waals surface area contributed by atoms with Crippen molar-refractivity contribution >= 4 is 17.6 Å². The molecule has 0 radical (unpaired) electrons. The number of benzene rings is 3. The zero-order valence-corrected chi connectivity index (χ0v) is 18.9. The second kappa shape index (κ2) is 11.1. The van der Waals surface area contributed by atoms with Crippen LogP contribution in [0, 0.1) is 0 Å². The number of rotatable bonds is 9. The summed E-state index contributed by atoms with van der Waals surface area (Å²) in [5, 5.41) is 0. The van der Waals surface area contributed by atoms with E-state index in [0.717, 1.165) is 23.2 Å². The fourth-order valence-electron chi connectivity index (χ4n) is 3.43. The molecule has 1 atom stereocenters. The molecule has 166 valence electrons.